The smallest absolute Gasteiger partial charge is 0.269 e. The quantitative estimate of drug-likeness (QED) is 0.538. The van der Waals surface area contributed by atoms with Gasteiger partial charge in [-0.25, -0.2) is 8.78 Å². The molecule has 3 rings (SSSR count). The molecule has 0 spiro atoms. The molecule has 3 aromatic rings. The molecular formula is C19H13F2N3O4. The van der Waals surface area contributed by atoms with Crippen LogP contribution >= 0.6 is 0 Å². The van der Waals surface area contributed by atoms with Gasteiger partial charge in [0.25, 0.3) is 17.2 Å². The zero-order valence-electron chi connectivity index (χ0n) is 14.3. The van der Waals surface area contributed by atoms with Gasteiger partial charge in [0.15, 0.2) is 0 Å². The number of nitro benzene ring substituents is 1. The summed E-state index contributed by atoms with van der Waals surface area (Å²) in [6.07, 6.45) is 1.29. The van der Waals surface area contributed by atoms with Crippen molar-refractivity contribution in [1.82, 2.24) is 4.57 Å². The lowest BCUT2D eigenvalue weighted by Crippen LogP contribution is -2.22. The molecule has 1 amide bonds. The van der Waals surface area contributed by atoms with Crippen LogP contribution in [0.1, 0.15) is 15.9 Å². The summed E-state index contributed by atoms with van der Waals surface area (Å²) in [5.74, 6) is -2.37. The van der Waals surface area contributed by atoms with E-state index in [9.17, 15) is 28.5 Å². The van der Waals surface area contributed by atoms with Crippen molar-refractivity contribution in [1.29, 1.82) is 0 Å². The Kier molecular flexibility index (Phi) is 5.25. The first-order valence-corrected chi connectivity index (χ1v) is 8.04. The van der Waals surface area contributed by atoms with Crippen LogP contribution in [-0.2, 0) is 6.54 Å². The van der Waals surface area contributed by atoms with Gasteiger partial charge in [-0.05, 0) is 23.8 Å². The van der Waals surface area contributed by atoms with E-state index in [0.717, 1.165) is 12.1 Å². The van der Waals surface area contributed by atoms with Crippen LogP contribution in [0.3, 0.4) is 0 Å². The van der Waals surface area contributed by atoms with Crippen LogP contribution in [0.2, 0.25) is 0 Å². The second-order valence-electron chi connectivity index (χ2n) is 5.89. The van der Waals surface area contributed by atoms with Gasteiger partial charge in [-0.2, -0.15) is 0 Å². The third kappa shape index (κ3) is 4.26. The number of halogens is 2. The van der Waals surface area contributed by atoms with Gasteiger partial charge in [-0.15, -0.1) is 0 Å². The Morgan fingerprint density at radius 1 is 1.07 bits per heavy atom. The van der Waals surface area contributed by atoms with Crippen LogP contribution in [0, 0.1) is 21.7 Å². The lowest BCUT2D eigenvalue weighted by molar-refractivity contribution is -0.384. The minimum absolute atomic E-state index is 0.0782. The maximum Gasteiger partial charge on any atom is 0.269 e. The molecule has 0 radical (unpaired) electrons. The molecule has 142 valence electrons. The molecule has 0 bridgehead atoms. The van der Waals surface area contributed by atoms with Gasteiger partial charge >= 0.3 is 0 Å². The van der Waals surface area contributed by atoms with E-state index in [0.29, 0.717) is 11.6 Å². The first-order chi connectivity index (χ1) is 13.3. The second kappa shape index (κ2) is 7.78. The van der Waals surface area contributed by atoms with Crippen molar-refractivity contribution in [2.24, 2.45) is 0 Å². The van der Waals surface area contributed by atoms with Crippen molar-refractivity contribution >= 4 is 17.3 Å². The van der Waals surface area contributed by atoms with Crippen molar-refractivity contribution in [2.45, 2.75) is 6.54 Å². The summed E-state index contributed by atoms with van der Waals surface area (Å²) in [5.41, 5.74) is 0.0491. The number of amides is 1. The lowest BCUT2D eigenvalue weighted by atomic mass is 10.2. The molecule has 2 aromatic carbocycles. The van der Waals surface area contributed by atoms with Gasteiger partial charge in [-0.3, -0.25) is 19.7 Å². The predicted octanol–water partition coefficient (Wildman–Crippen LogP) is 3.34. The van der Waals surface area contributed by atoms with Gasteiger partial charge in [0.05, 0.1) is 22.7 Å². The van der Waals surface area contributed by atoms with E-state index < -0.39 is 22.5 Å². The Bertz CT molecular complexity index is 1110. The van der Waals surface area contributed by atoms with Gasteiger partial charge in [0.1, 0.15) is 11.6 Å². The van der Waals surface area contributed by atoms with E-state index in [1.165, 1.54) is 47.2 Å². The van der Waals surface area contributed by atoms with Crippen LogP contribution in [0.5, 0.6) is 0 Å². The number of pyridine rings is 1. The highest BCUT2D eigenvalue weighted by Gasteiger charge is 2.12. The predicted molar refractivity (Wildman–Crippen MR) is 97.2 cm³/mol. The number of hydrogen-bond acceptors (Lipinski definition) is 4. The highest BCUT2D eigenvalue weighted by Crippen LogP contribution is 2.16. The Labute approximate surface area is 157 Å². The van der Waals surface area contributed by atoms with E-state index in [-0.39, 0.29) is 29.0 Å². The SMILES string of the molecule is O=C(Nc1ccc(F)cc1F)c1ccc(=O)n(Cc2ccc([N+](=O)[O-])cc2)c1. The highest BCUT2D eigenvalue weighted by molar-refractivity contribution is 6.04. The minimum atomic E-state index is -0.924. The number of hydrogen-bond donors (Lipinski definition) is 1. The Morgan fingerprint density at radius 2 is 1.79 bits per heavy atom. The Balaban J connectivity index is 1.81. The fourth-order valence-corrected chi connectivity index (χ4v) is 2.49. The molecule has 0 aliphatic heterocycles. The van der Waals surface area contributed by atoms with Gasteiger partial charge in [0, 0.05) is 30.5 Å². The van der Waals surface area contributed by atoms with E-state index >= 15 is 0 Å². The number of non-ortho nitro benzene ring substituents is 1. The van der Waals surface area contributed by atoms with E-state index in [2.05, 4.69) is 5.32 Å². The zero-order chi connectivity index (χ0) is 20.3. The van der Waals surface area contributed by atoms with Gasteiger partial charge in [0.2, 0.25) is 0 Å². The molecule has 0 aliphatic carbocycles. The molecule has 9 heteroatoms. The Hall–Kier alpha value is -3.88. The molecule has 0 saturated carbocycles. The average Bonchev–Trinajstić information content (AvgIpc) is 2.66. The highest BCUT2D eigenvalue weighted by atomic mass is 19.1. The summed E-state index contributed by atoms with van der Waals surface area (Å²) >= 11 is 0. The fraction of sp³-hybridized carbons (Fsp3) is 0.0526. The summed E-state index contributed by atoms with van der Waals surface area (Å²) in [7, 11) is 0. The van der Waals surface area contributed by atoms with Crippen molar-refractivity contribution < 1.29 is 18.5 Å². The molecular weight excluding hydrogens is 372 g/mol. The van der Waals surface area contributed by atoms with Gasteiger partial charge < -0.3 is 9.88 Å². The number of anilines is 1. The third-order valence-electron chi connectivity index (χ3n) is 3.93. The summed E-state index contributed by atoms with van der Waals surface area (Å²) < 4.78 is 27.9. The van der Waals surface area contributed by atoms with E-state index in [1.807, 2.05) is 0 Å². The maximum absolute atomic E-state index is 13.7. The van der Waals surface area contributed by atoms with Crippen molar-refractivity contribution in [3.63, 3.8) is 0 Å². The zero-order valence-corrected chi connectivity index (χ0v) is 14.3. The topological polar surface area (TPSA) is 94.2 Å². The first kappa shape index (κ1) is 18.9. The fourth-order valence-electron chi connectivity index (χ4n) is 2.49. The molecule has 0 atom stereocenters. The normalized spacial score (nSPS) is 10.5. The summed E-state index contributed by atoms with van der Waals surface area (Å²) in [5, 5.41) is 13.0. The summed E-state index contributed by atoms with van der Waals surface area (Å²) in [4.78, 5) is 34.5. The monoisotopic (exact) mass is 385 g/mol. The number of benzene rings is 2. The van der Waals surface area contributed by atoms with E-state index in [1.54, 1.807) is 0 Å². The molecule has 1 N–H and O–H groups in total. The van der Waals surface area contributed by atoms with E-state index in [4.69, 9.17) is 0 Å². The minimum Gasteiger partial charge on any atom is -0.319 e. The number of nitrogens with zero attached hydrogens (tertiary/aromatic N) is 2. The number of rotatable bonds is 5. The molecule has 0 fully saturated rings. The first-order valence-electron chi connectivity index (χ1n) is 8.04. The summed E-state index contributed by atoms with van der Waals surface area (Å²) in [6, 6.07) is 10.8. The molecule has 1 heterocycles. The Morgan fingerprint density at radius 3 is 2.43 bits per heavy atom. The third-order valence-corrected chi connectivity index (χ3v) is 3.93. The molecule has 28 heavy (non-hydrogen) atoms. The van der Waals surface area contributed by atoms with Gasteiger partial charge in [-0.1, -0.05) is 12.1 Å². The number of nitrogens with one attached hydrogen (secondary N) is 1. The number of carbonyl (C=O) groups excluding carboxylic acids is 1. The van der Waals surface area contributed by atoms with Crippen molar-refractivity contribution in [3.05, 3.63) is 104 Å². The van der Waals surface area contributed by atoms with Crippen LogP contribution < -0.4 is 10.9 Å². The number of aromatic nitrogens is 1. The van der Waals surface area contributed by atoms with Crippen molar-refractivity contribution in [2.75, 3.05) is 5.32 Å². The number of carbonyl (C=O) groups is 1. The number of nitro groups is 1. The molecule has 0 aliphatic rings. The average molecular weight is 385 g/mol. The molecule has 0 unspecified atom stereocenters. The molecule has 0 saturated heterocycles. The summed E-state index contributed by atoms with van der Waals surface area (Å²) in [6.45, 7) is 0.0862. The largest absolute Gasteiger partial charge is 0.319 e. The van der Waals surface area contributed by atoms with Crippen LogP contribution in [0.15, 0.2) is 65.6 Å². The maximum atomic E-state index is 13.7. The van der Waals surface area contributed by atoms with Crippen LogP contribution in [0.25, 0.3) is 0 Å². The lowest BCUT2D eigenvalue weighted by Gasteiger charge is -2.10. The standard InChI is InChI=1S/C19H13F2N3O4/c20-14-4-7-17(16(21)9-14)22-19(26)13-3-8-18(25)23(11-13)10-12-1-5-15(6-2-12)24(27)28/h1-9,11H,10H2,(H,22,26). The van der Waals surface area contributed by atoms with Crippen LogP contribution in [-0.4, -0.2) is 15.4 Å². The molecule has 7 nitrogen and oxygen atoms in total. The van der Waals surface area contributed by atoms with Crippen molar-refractivity contribution in [3.8, 4) is 0 Å². The second-order valence-corrected chi connectivity index (χ2v) is 5.89. The van der Waals surface area contributed by atoms with Crippen LogP contribution in [0.4, 0.5) is 20.2 Å². The molecule has 1 aromatic heterocycles.